The molecule has 1 fully saturated rings. The van der Waals surface area contributed by atoms with Gasteiger partial charge in [-0.3, -0.25) is 9.59 Å². The predicted octanol–water partition coefficient (Wildman–Crippen LogP) is 0.897. The number of pyridine rings is 1. The fourth-order valence-electron chi connectivity index (χ4n) is 2.61. The lowest BCUT2D eigenvalue weighted by Crippen LogP contribution is -2.49. The zero-order valence-corrected chi connectivity index (χ0v) is 11.5. The minimum atomic E-state index is -0.199. The molecule has 5 nitrogen and oxygen atoms in total. The Labute approximate surface area is 113 Å². The van der Waals surface area contributed by atoms with E-state index in [1.165, 1.54) is 12.3 Å². The molecule has 1 atom stereocenters. The molecule has 0 aromatic carbocycles. The van der Waals surface area contributed by atoms with Crippen LogP contribution in [0, 0.1) is 6.92 Å². The number of carbonyl (C=O) groups excluding carboxylic acids is 1. The fourth-order valence-corrected chi connectivity index (χ4v) is 2.61. The first kappa shape index (κ1) is 13.8. The maximum atomic E-state index is 12.5. The van der Waals surface area contributed by atoms with Gasteiger partial charge in [-0.25, -0.2) is 0 Å². The maximum absolute atomic E-state index is 12.5. The van der Waals surface area contributed by atoms with Gasteiger partial charge >= 0.3 is 0 Å². The third-order valence-electron chi connectivity index (χ3n) is 3.62. The molecule has 104 valence electrons. The lowest BCUT2D eigenvalue weighted by molar-refractivity contribution is 0.0613. The first-order chi connectivity index (χ1) is 9.13. The number of likely N-dealkylation sites (tertiary alicyclic amines) is 1. The Morgan fingerprint density at radius 1 is 1.53 bits per heavy atom. The molecule has 19 heavy (non-hydrogen) atoms. The molecule has 5 heteroatoms. The molecule has 1 unspecified atom stereocenters. The number of aryl methyl sites for hydroxylation is 1. The summed E-state index contributed by atoms with van der Waals surface area (Å²) in [5, 5.41) is 3.12. The fraction of sp³-hybridized carbons (Fsp3) is 0.571. The van der Waals surface area contributed by atoms with Crippen molar-refractivity contribution in [3.63, 3.8) is 0 Å². The zero-order valence-electron chi connectivity index (χ0n) is 11.5. The van der Waals surface area contributed by atoms with Crippen molar-refractivity contribution in [1.82, 2.24) is 15.2 Å². The molecule has 0 bridgehead atoms. The lowest BCUT2D eigenvalue weighted by atomic mass is 10.0. The summed E-state index contributed by atoms with van der Waals surface area (Å²) in [6, 6.07) is 1.66. The smallest absolute Gasteiger partial charge is 0.259 e. The van der Waals surface area contributed by atoms with E-state index in [4.69, 9.17) is 0 Å². The summed E-state index contributed by atoms with van der Waals surface area (Å²) in [4.78, 5) is 29.2. The van der Waals surface area contributed by atoms with Crippen molar-refractivity contribution in [2.75, 3.05) is 20.1 Å². The molecule has 0 aliphatic carbocycles. The van der Waals surface area contributed by atoms with Gasteiger partial charge in [0.25, 0.3) is 5.91 Å². The van der Waals surface area contributed by atoms with Crippen LogP contribution in [0.4, 0.5) is 0 Å². The topological polar surface area (TPSA) is 65.2 Å². The minimum absolute atomic E-state index is 0.152. The average molecular weight is 263 g/mol. The van der Waals surface area contributed by atoms with Crippen LogP contribution in [0.3, 0.4) is 0 Å². The number of aromatic nitrogens is 1. The highest BCUT2D eigenvalue weighted by atomic mass is 16.2. The van der Waals surface area contributed by atoms with E-state index in [2.05, 4.69) is 10.3 Å². The Morgan fingerprint density at radius 3 is 3.00 bits per heavy atom. The van der Waals surface area contributed by atoms with Crippen molar-refractivity contribution in [1.29, 1.82) is 0 Å². The summed E-state index contributed by atoms with van der Waals surface area (Å²) < 4.78 is 0. The van der Waals surface area contributed by atoms with Crippen LogP contribution in [0.25, 0.3) is 0 Å². The molecule has 1 amide bonds. The summed E-state index contributed by atoms with van der Waals surface area (Å²) in [6.45, 7) is 3.31. The SMILES string of the molecule is CNCC1CCCCN1C(=O)c1c[nH]c(C)cc1=O. The number of nitrogens with zero attached hydrogens (tertiary/aromatic N) is 1. The zero-order chi connectivity index (χ0) is 13.8. The van der Waals surface area contributed by atoms with Crippen LogP contribution in [0.2, 0.25) is 0 Å². The maximum Gasteiger partial charge on any atom is 0.259 e. The van der Waals surface area contributed by atoms with Gasteiger partial charge in [-0.05, 0) is 33.2 Å². The lowest BCUT2D eigenvalue weighted by Gasteiger charge is -2.35. The summed E-state index contributed by atoms with van der Waals surface area (Å²) >= 11 is 0. The number of rotatable bonds is 3. The normalized spacial score (nSPS) is 19.5. The Morgan fingerprint density at radius 2 is 2.32 bits per heavy atom. The Hall–Kier alpha value is -1.62. The van der Waals surface area contributed by atoms with E-state index in [9.17, 15) is 9.59 Å². The van der Waals surface area contributed by atoms with Gasteiger partial charge in [0.1, 0.15) is 5.56 Å². The summed E-state index contributed by atoms with van der Waals surface area (Å²) in [5.41, 5.74) is 0.815. The number of hydrogen-bond acceptors (Lipinski definition) is 3. The van der Waals surface area contributed by atoms with Crippen LogP contribution >= 0.6 is 0 Å². The van der Waals surface area contributed by atoms with Crippen LogP contribution in [0.15, 0.2) is 17.1 Å². The number of amides is 1. The molecule has 1 aromatic heterocycles. The molecule has 1 aliphatic rings. The number of H-pyrrole nitrogens is 1. The summed E-state index contributed by atoms with van der Waals surface area (Å²) in [7, 11) is 1.88. The van der Waals surface area contributed by atoms with E-state index >= 15 is 0 Å². The second-order valence-electron chi connectivity index (χ2n) is 5.10. The van der Waals surface area contributed by atoms with Gasteiger partial charge in [0, 0.05) is 37.1 Å². The number of nitrogens with one attached hydrogen (secondary N) is 2. The van der Waals surface area contributed by atoms with Gasteiger partial charge in [0.05, 0.1) is 0 Å². The molecule has 0 saturated carbocycles. The molecule has 0 radical (unpaired) electrons. The minimum Gasteiger partial charge on any atom is -0.364 e. The van der Waals surface area contributed by atoms with Crippen LogP contribution in [-0.2, 0) is 0 Å². The predicted molar refractivity (Wildman–Crippen MR) is 74.4 cm³/mol. The third-order valence-corrected chi connectivity index (χ3v) is 3.62. The van der Waals surface area contributed by atoms with Crippen molar-refractivity contribution in [3.8, 4) is 0 Å². The van der Waals surface area contributed by atoms with E-state index in [0.717, 1.165) is 38.0 Å². The Balaban J connectivity index is 2.23. The second-order valence-corrected chi connectivity index (χ2v) is 5.10. The highest BCUT2D eigenvalue weighted by molar-refractivity contribution is 5.94. The van der Waals surface area contributed by atoms with Gasteiger partial charge < -0.3 is 15.2 Å². The molecular weight excluding hydrogens is 242 g/mol. The molecule has 1 aromatic rings. The van der Waals surface area contributed by atoms with Crippen molar-refractivity contribution < 1.29 is 4.79 Å². The second kappa shape index (κ2) is 6.02. The number of carbonyl (C=O) groups is 1. The van der Waals surface area contributed by atoms with E-state index in [-0.39, 0.29) is 22.9 Å². The highest BCUT2D eigenvalue weighted by Gasteiger charge is 2.28. The van der Waals surface area contributed by atoms with E-state index in [0.29, 0.717) is 0 Å². The van der Waals surface area contributed by atoms with Crippen LogP contribution in [0.1, 0.15) is 35.3 Å². The van der Waals surface area contributed by atoms with Gasteiger partial charge in [-0.1, -0.05) is 0 Å². The first-order valence-electron chi connectivity index (χ1n) is 6.78. The standard InChI is InChI=1S/C14H21N3O2/c1-10-7-13(18)12(9-16-10)14(19)17-6-4-3-5-11(17)8-15-2/h7,9,11,15H,3-6,8H2,1-2H3,(H,16,18). The van der Waals surface area contributed by atoms with Gasteiger partial charge in [-0.15, -0.1) is 0 Å². The third kappa shape index (κ3) is 3.04. The molecule has 1 aliphatic heterocycles. The molecule has 2 heterocycles. The van der Waals surface area contributed by atoms with E-state index in [1.54, 1.807) is 6.92 Å². The van der Waals surface area contributed by atoms with Gasteiger partial charge in [-0.2, -0.15) is 0 Å². The summed E-state index contributed by atoms with van der Waals surface area (Å²) in [6.07, 6.45) is 4.68. The van der Waals surface area contributed by atoms with Crippen molar-refractivity contribution in [3.05, 3.63) is 33.7 Å². The van der Waals surface area contributed by atoms with Gasteiger partial charge in [0.2, 0.25) is 0 Å². The number of hydrogen-bond donors (Lipinski definition) is 2. The van der Waals surface area contributed by atoms with Crippen molar-refractivity contribution in [2.45, 2.75) is 32.2 Å². The van der Waals surface area contributed by atoms with Gasteiger partial charge in [0.15, 0.2) is 5.43 Å². The van der Waals surface area contributed by atoms with Crippen molar-refractivity contribution >= 4 is 5.91 Å². The van der Waals surface area contributed by atoms with E-state index < -0.39 is 0 Å². The molecule has 0 spiro atoms. The van der Waals surface area contributed by atoms with E-state index in [1.807, 2.05) is 11.9 Å². The van der Waals surface area contributed by atoms with Crippen LogP contribution < -0.4 is 10.7 Å². The molecule has 1 saturated heterocycles. The van der Waals surface area contributed by atoms with Crippen LogP contribution in [-0.4, -0.2) is 42.0 Å². The number of piperidine rings is 1. The molecule has 2 rings (SSSR count). The summed E-state index contributed by atoms with van der Waals surface area (Å²) in [5.74, 6) is -0.152. The Bertz CT molecular complexity index is 508. The molecular formula is C14H21N3O2. The van der Waals surface area contributed by atoms with Crippen molar-refractivity contribution in [2.24, 2.45) is 0 Å². The highest BCUT2D eigenvalue weighted by Crippen LogP contribution is 2.18. The van der Waals surface area contributed by atoms with Crippen LogP contribution in [0.5, 0.6) is 0 Å². The largest absolute Gasteiger partial charge is 0.364 e. The number of aromatic amines is 1. The quantitative estimate of drug-likeness (QED) is 0.851. The monoisotopic (exact) mass is 263 g/mol. The number of likely N-dealkylation sites (N-methyl/N-ethyl adjacent to an activating group) is 1. The Kier molecular flexibility index (Phi) is 4.37. The molecule has 2 N–H and O–H groups in total. The average Bonchev–Trinajstić information content (AvgIpc) is 2.39. The first-order valence-corrected chi connectivity index (χ1v) is 6.78.